The molecule has 1 amide bonds. The highest BCUT2D eigenvalue weighted by Crippen LogP contribution is 1.96. The largest absolute Gasteiger partial charge is 0.356 e. The summed E-state index contributed by atoms with van der Waals surface area (Å²) < 4.78 is 0. The number of hydrogen-bond donors (Lipinski definition) is 2. The Kier molecular flexibility index (Phi) is 7.07. The van der Waals surface area contributed by atoms with Crippen LogP contribution in [-0.4, -0.2) is 19.0 Å². The van der Waals surface area contributed by atoms with Crippen LogP contribution in [-0.2, 0) is 11.3 Å². The molecule has 0 saturated heterocycles. The average Bonchev–Trinajstić information content (AvgIpc) is 2.36. The van der Waals surface area contributed by atoms with Crippen molar-refractivity contribution >= 4 is 5.91 Å². The van der Waals surface area contributed by atoms with Crippen LogP contribution in [0.25, 0.3) is 0 Å². The molecule has 1 rings (SSSR count). The minimum absolute atomic E-state index is 0.138. The van der Waals surface area contributed by atoms with Gasteiger partial charge in [0.05, 0.1) is 0 Å². The zero-order chi connectivity index (χ0) is 12.3. The molecule has 0 spiro atoms. The Hall–Kier alpha value is -1.35. The van der Waals surface area contributed by atoms with E-state index in [9.17, 15) is 4.79 Å². The predicted octanol–water partition coefficient (Wildman–Crippen LogP) is 2.08. The summed E-state index contributed by atoms with van der Waals surface area (Å²) in [7, 11) is 0. The van der Waals surface area contributed by atoms with Gasteiger partial charge in [0, 0.05) is 26.1 Å². The van der Waals surface area contributed by atoms with E-state index in [1.165, 1.54) is 5.56 Å². The van der Waals surface area contributed by atoms with E-state index in [0.717, 1.165) is 32.5 Å². The second kappa shape index (κ2) is 8.76. The summed E-state index contributed by atoms with van der Waals surface area (Å²) in [5.41, 5.74) is 1.25. The molecule has 1 aromatic rings. The number of nitrogens with one attached hydrogen (secondary N) is 2. The number of unbranched alkanes of at least 4 members (excludes halogenated alkanes) is 1. The first kappa shape index (κ1) is 13.7. The van der Waals surface area contributed by atoms with Crippen molar-refractivity contribution in [1.29, 1.82) is 0 Å². The van der Waals surface area contributed by atoms with Crippen molar-refractivity contribution in [2.24, 2.45) is 0 Å². The fraction of sp³-hybridized carbons (Fsp3) is 0.500. The van der Waals surface area contributed by atoms with Crippen LogP contribution in [0.15, 0.2) is 30.3 Å². The van der Waals surface area contributed by atoms with Crippen molar-refractivity contribution in [1.82, 2.24) is 10.6 Å². The van der Waals surface area contributed by atoms with Crippen LogP contribution >= 0.6 is 0 Å². The maximum absolute atomic E-state index is 11.4. The Morgan fingerprint density at radius 1 is 1.18 bits per heavy atom. The molecule has 0 heterocycles. The van der Waals surface area contributed by atoms with Crippen LogP contribution in [0.3, 0.4) is 0 Å². The van der Waals surface area contributed by atoms with Crippen LogP contribution < -0.4 is 10.6 Å². The SMILES string of the molecule is CCCCNC(=O)CCNCc1ccccc1. The van der Waals surface area contributed by atoms with Crippen molar-refractivity contribution in [3.05, 3.63) is 35.9 Å². The van der Waals surface area contributed by atoms with E-state index in [2.05, 4.69) is 29.7 Å². The number of amides is 1. The molecular weight excluding hydrogens is 212 g/mol. The first-order chi connectivity index (χ1) is 8.33. The van der Waals surface area contributed by atoms with Gasteiger partial charge in [0.1, 0.15) is 0 Å². The highest BCUT2D eigenvalue weighted by Gasteiger charge is 1.99. The molecule has 1 aromatic carbocycles. The van der Waals surface area contributed by atoms with Gasteiger partial charge in [-0.15, -0.1) is 0 Å². The molecule has 94 valence electrons. The number of carbonyl (C=O) groups excluding carboxylic acids is 1. The molecule has 0 bridgehead atoms. The molecule has 0 aliphatic heterocycles. The van der Waals surface area contributed by atoms with Gasteiger partial charge in [-0.1, -0.05) is 43.7 Å². The monoisotopic (exact) mass is 234 g/mol. The first-order valence-electron chi connectivity index (χ1n) is 6.34. The normalized spacial score (nSPS) is 10.2. The lowest BCUT2D eigenvalue weighted by Gasteiger charge is -2.06. The van der Waals surface area contributed by atoms with Gasteiger partial charge in [0.25, 0.3) is 0 Å². The standard InChI is InChI=1S/C14H22N2O/c1-2-3-10-16-14(17)9-11-15-12-13-7-5-4-6-8-13/h4-8,15H,2-3,9-12H2,1H3,(H,16,17). The summed E-state index contributed by atoms with van der Waals surface area (Å²) in [6, 6.07) is 10.2. The Bertz CT molecular complexity index is 311. The van der Waals surface area contributed by atoms with E-state index >= 15 is 0 Å². The number of carbonyl (C=O) groups is 1. The molecule has 3 nitrogen and oxygen atoms in total. The summed E-state index contributed by atoms with van der Waals surface area (Å²) in [5, 5.41) is 6.17. The van der Waals surface area contributed by atoms with Crippen LogP contribution in [0, 0.1) is 0 Å². The highest BCUT2D eigenvalue weighted by molar-refractivity contribution is 5.75. The van der Waals surface area contributed by atoms with Crippen molar-refractivity contribution < 1.29 is 4.79 Å². The minimum atomic E-state index is 0.138. The highest BCUT2D eigenvalue weighted by atomic mass is 16.1. The molecule has 0 unspecified atom stereocenters. The summed E-state index contributed by atoms with van der Waals surface area (Å²) in [6.45, 7) is 4.47. The third-order valence-corrected chi connectivity index (χ3v) is 2.55. The lowest BCUT2D eigenvalue weighted by molar-refractivity contribution is -0.121. The summed E-state index contributed by atoms with van der Waals surface area (Å²) in [4.78, 5) is 11.4. The Morgan fingerprint density at radius 3 is 2.65 bits per heavy atom. The van der Waals surface area contributed by atoms with E-state index in [1.54, 1.807) is 0 Å². The molecule has 17 heavy (non-hydrogen) atoms. The molecule has 0 radical (unpaired) electrons. The van der Waals surface area contributed by atoms with Crippen molar-refractivity contribution in [3.63, 3.8) is 0 Å². The van der Waals surface area contributed by atoms with E-state index < -0.39 is 0 Å². The van der Waals surface area contributed by atoms with Crippen molar-refractivity contribution in [2.75, 3.05) is 13.1 Å². The number of rotatable bonds is 8. The van der Waals surface area contributed by atoms with Crippen LogP contribution in [0.1, 0.15) is 31.7 Å². The van der Waals surface area contributed by atoms with E-state index in [-0.39, 0.29) is 5.91 Å². The molecule has 0 atom stereocenters. The lowest BCUT2D eigenvalue weighted by Crippen LogP contribution is -2.28. The van der Waals surface area contributed by atoms with Gasteiger partial charge in [-0.2, -0.15) is 0 Å². The van der Waals surface area contributed by atoms with Gasteiger partial charge in [0.15, 0.2) is 0 Å². The molecule has 2 N–H and O–H groups in total. The Balaban J connectivity index is 2.02. The van der Waals surface area contributed by atoms with Gasteiger partial charge in [-0.05, 0) is 12.0 Å². The van der Waals surface area contributed by atoms with Gasteiger partial charge in [-0.25, -0.2) is 0 Å². The molecular formula is C14H22N2O. The average molecular weight is 234 g/mol. The molecule has 3 heteroatoms. The maximum atomic E-state index is 11.4. The Labute approximate surface area is 104 Å². The smallest absolute Gasteiger partial charge is 0.221 e. The van der Waals surface area contributed by atoms with Gasteiger partial charge >= 0.3 is 0 Å². The van der Waals surface area contributed by atoms with E-state index in [1.807, 2.05) is 18.2 Å². The summed E-state index contributed by atoms with van der Waals surface area (Å²) in [6.07, 6.45) is 2.73. The fourth-order valence-corrected chi connectivity index (χ4v) is 1.52. The third kappa shape index (κ3) is 6.74. The topological polar surface area (TPSA) is 41.1 Å². The van der Waals surface area contributed by atoms with Crippen molar-refractivity contribution in [3.8, 4) is 0 Å². The molecule has 0 saturated carbocycles. The summed E-state index contributed by atoms with van der Waals surface area (Å²) in [5.74, 6) is 0.138. The van der Waals surface area contributed by atoms with Gasteiger partial charge in [-0.3, -0.25) is 4.79 Å². The molecule has 0 fully saturated rings. The van der Waals surface area contributed by atoms with Crippen LogP contribution in [0.2, 0.25) is 0 Å². The summed E-state index contributed by atoms with van der Waals surface area (Å²) >= 11 is 0. The van der Waals surface area contributed by atoms with Crippen LogP contribution in [0.5, 0.6) is 0 Å². The van der Waals surface area contributed by atoms with Gasteiger partial charge < -0.3 is 10.6 Å². The zero-order valence-electron chi connectivity index (χ0n) is 10.5. The van der Waals surface area contributed by atoms with Crippen molar-refractivity contribution in [2.45, 2.75) is 32.7 Å². The maximum Gasteiger partial charge on any atom is 0.221 e. The molecule has 0 aliphatic carbocycles. The predicted molar refractivity (Wildman–Crippen MR) is 70.7 cm³/mol. The third-order valence-electron chi connectivity index (χ3n) is 2.55. The van der Waals surface area contributed by atoms with Crippen LogP contribution in [0.4, 0.5) is 0 Å². The van der Waals surface area contributed by atoms with Gasteiger partial charge in [0.2, 0.25) is 5.91 Å². The zero-order valence-corrected chi connectivity index (χ0v) is 10.5. The lowest BCUT2D eigenvalue weighted by atomic mass is 10.2. The van der Waals surface area contributed by atoms with E-state index in [0.29, 0.717) is 6.42 Å². The second-order valence-electron chi connectivity index (χ2n) is 4.12. The first-order valence-corrected chi connectivity index (χ1v) is 6.34. The Morgan fingerprint density at radius 2 is 1.94 bits per heavy atom. The number of hydrogen-bond acceptors (Lipinski definition) is 2. The molecule has 0 aromatic heterocycles. The second-order valence-corrected chi connectivity index (χ2v) is 4.12. The fourth-order valence-electron chi connectivity index (χ4n) is 1.52. The van der Waals surface area contributed by atoms with E-state index in [4.69, 9.17) is 0 Å². The quantitative estimate of drug-likeness (QED) is 0.676. The number of benzene rings is 1. The molecule has 0 aliphatic rings. The minimum Gasteiger partial charge on any atom is -0.356 e.